The summed E-state index contributed by atoms with van der Waals surface area (Å²) in [4.78, 5) is 12.0. The first-order valence-electron chi connectivity index (χ1n) is 8.13. The molecule has 26 heavy (non-hydrogen) atoms. The molecule has 3 aromatic rings. The van der Waals surface area contributed by atoms with E-state index >= 15 is 0 Å². The molecule has 6 heteroatoms. The predicted octanol–water partition coefficient (Wildman–Crippen LogP) is 5.01. The van der Waals surface area contributed by atoms with E-state index in [1.54, 1.807) is 6.21 Å². The van der Waals surface area contributed by atoms with Gasteiger partial charge in [-0.15, -0.1) is 0 Å². The van der Waals surface area contributed by atoms with Gasteiger partial charge < -0.3 is 9.88 Å². The van der Waals surface area contributed by atoms with Crippen molar-refractivity contribution < 1.29 is 4.79 Å². The first kappa shape index (κ1) is 17.9. The van der Waals surface area contributed by atoms with E-state index in [4.69, 9.17) is 0 Å². The van der Waals surface area contributed by atoms with Gasteiger partial charge in [-0.05, 0) is 73.5 Å². The molecule has 0 spiro atoms. The number of hydrazone groups is 1. The number of benzene rings is 2. The number of halogens is 1. The summed E-state index contributed by atoms with van der Waals surface area (Å²) in [5.41, 5.74) is 7.41. The second-order valence-electron chi connectivity index (χ2n) is 5.90. The van der Waals surface area contributed by atoms with Gasteiger partial charge in [-0.2, -0.15) is 5.10 Å². The molecule has 0 fully saturated rings. The van der Waals surface area contributed by atoms with E-state index in [1.807, 2.05) is 79.2 Å². The molecule has 0 bridgehead atoms. The summed E-state index contributed by atoms with van der Waals surface area (Å²) in [6.07, 6.45) is 3.56. The quantitative estimate of drug-likeness (QED) is 0.460. The minimum atomic E-state index is -0.383. The third-order valence-electron chi connectivity index (χ3n) is 4.01. The summed E-state index contributed by atoms with van der Waals surface area (Å²) in [5, 5.41) is 6.80. The molecule has 0 aliphatic heterocycles. The number of rotatable bonds is 4. The van der Waals surface area contributed by atoms with E-state index in [9.17, 15) is 4.79 Å². The first-order chi connectivity index (χ1) is 12.5. The van der Waals surface area contributed by atoms with Gasteiger partial charge in [0.05, 0.1) is 11.9 Å². The first-order valence-corrected chi connectivity index (χ1v) is 8.93. The molecule has 1 heterocycles. The fourth-order valence-corrected chi connectivity index (χ4v) is 2.74. The zero-order chi connectivity index (χ0) is 18.5. The lowest BCUT2D eigenvalue weighted by atomic mass is 10.1. The number of hydrogen-bond donors (Lipinski definition) is 2. The summed E-state index contributed by atoms with van der Waals surface area (Å²) in [7, 11) is 0. The second kappa shape index (κ2) is 8.01. The van der Waals surface area contributed by atoms with Crippen LogP contribution in [-0.4, -0.2) is 16.8 Å². The molecule has 0 aliphatic rings. The van der Waals surface area contributed by atoms with Gasteiger partial charge in [0, 0.05) is 22.0 Å². The minimum absolute atomic E-state index is 0.383. The summed E-state index contributed by atoms with van der Waals surface area (Å²) >= 11 is 3.43. The number of carbonyl (C=O) groups excluding carboxylic acids is 1. The Hall–Kier alpha value is -2.86. The van der Waals surface area contributed by atoms with Gasteiger partial charge in [0.2, 0.25) is 0 Å². The largest absolute Gasteiger partial charge is 0.339 e. The minimum Gasteiger partial charge on any atom is -0.316 e. The highest BCUT2D eigenvalue weighted by Crippen LogP contribution is 2.16. The molecule has 0 saturated heterocycles. The van der Waals surface area contributed by atoms with Gasteiger partial charge in [0.25, 0.3) is 0 Å². The number of anilines is 1. The van der Waals surface area contributed by atoms with Crippen LogP contribution >= 0.6 is 15.9 Å². The van der Waals surface area contributed by atoms with Crippen LogP contribution < -0.4 is 10.7 Å². The van der Waals surface area contributed by atoms with Crippen LogP contribution in [-0.2, 0) is 0 Å². The summed E-state index contributed by atoms with van der Waals surface area (Å²) in [5.74, 6) is 0. The van der Waals surface area contributed by atoms with Crippen molar-refractivity contribution >= 4 is 33.9 Å². The second-order valence-corrected chi connectivity index (χ2v) is 6.82. The number of nitrogens with one attached hydrogen (secondary N) is 2. The Bertz CT molecular complexity index is 945. The number of aromatic nitrogens is 1. The number of nitrogens with zero attached hydrogens (tertiary/aromatic N) is 2. The zero-order valence-corrected chi connectivity index (χ0v) is 16.1. The summed E-state index contributed by atoms with van der Waals surface area (Å²) in [6.45, 7) is 4.04. The average Bonchev–Trinajstić information content (AvgIpc) is 3.07. The van der Waals surface area contributed by atoms with E-state index in [-0.39, 0.29) is 6.03 Å². The Morgan fingerprint density at radius 2 is 1.85 bits per heavy atom. The van der Waals surface area contributed by atoms with Crippen molar-refractivity contribution in [2.75, 3.05) is 5.32 Å². The van der Waals surface area contributed by atoms with Crippen LogP contribution in [0.4, 0.5) is 10.5 Å². The van der Waals surface area contributed by atoms with Crippen LogP contribution in [0.2, 0.25) is 0 Å². The van der Waals surface area contributed by atoms with Crippen LogP contribution in [0.5, 0.6) is 0 Å². The van der Waals surface area contributed by atoms with Gasteiger partial charge >= 0.3 is 6.03 Å². The standard InChI is InChI=1S/C20H19BrN4O/c1-14-5-8-17(12-15(14)2)23-20(26)24-22-13-19-4-3-11-25(19)18-9-6-16(21)7-10-18/h3-13H,1-2H3,(H2,23,24,26)/b22-13+. The lowest BCUT2D eigenvalue weighted by molar-refractivity contribution is 0.252. The Balaban J connectivity index is 1.64. The molecule has 5 nitrogen and oxygen atoms in total. The molecule has 3 rings (SSSR count). The van der Waals surface area contributed by atoms with Crippen molar-refractivity contribution in [3.63, 3.8) is 0 Å². The third-order valence-corrected chi connectivity index (χ3v) is 4.54. The number of aryl methyl sites for hydroxylation is 2. The van der Waals surface area contributed by atoms with Crippen molar-refractivity contribution in [2.45, 2.75) is 13.8 Å². The fourth-order valence-electron chi connectivity index (χ4n) is 2.47. The highest BCUT2D eigenvalue weighted by molar-refractivity contribution is 9.10. The molecule has 1 aromatic heterocycles. The summed E-state index contributed by atoms with van der Waals surface area (Å²) in [6, 6.07) is 17.2. The molecule has 0 saturated carbocycles. The fraction of sp³-hybridized carbons (Fsp3) is 0.100. The topological polar surface area (TPSA) is 58.4 Å². The normalized spacial score (nSPS) is 10.9. The molecule has 0 unspecified atom stereocenters. The van der Waals surface area contributed by atoms with E-state index in [0.717, 1.165) is 27.1 Å². The van der Waals surface area contributed by atoms with Crippen LogP contribution in [0.25, 0.3) is 5.69 Å². The van der Waals surface area contributed by atoms with Crippen molar-refractivity contribution in [3.05, 3.63) is 82.1 Å². The molecule has 0 atom stereocenters. The molecule has 0 aliphatic carbocycles. The molecular weight excluding hydrogens is 392 g/mol. The van der Waals surface area contributed by atoms with Crippen LogP contribution in [0.1, 0.15) is 16.8 Å². The number of amides is 2. The lowest BCUT2D eigenvalue weighted by Gasteiger charge is -2.07. The molecular formula is C20H19BrN4O. The summed E-state index contributed by atoms with van der Waals surface area (Å²) < 4.78 is 3.01. The zero-order valence-electron chi connectivity index (χ0n) is 14.5. The smallest absolute Gasteiger partial charge is 0.316 e. The van der Waals surface area contributed by atoms with Gasteiger partial charge in [-0.3, -0.25) is 0 Å². The maximum atomic E-state index is 12.0. The van der Waals surface area contributed by atoms with Crippen LogP contribution in [0.3, 0.4) is 0 Å². The van der Waals surface area contributed by atoms with E-state index in [2.05, 4.69) is 31.8 Å². The monoisotopic (exact) mass is 410 g/mol. The molecule has 2 amide bonds. The van der Waals surface area contributed by atoms with Gasteiger partial charge in [0.15, 0.2) is 0 Å². The Morgan fingerprint density at radius 3 is 2.58 bits per heavy atom. The van der Waals surface area contributed by atoms with Crippen molar-refractivity contribution in [1.29, 1.82) is 0 Å². The number of hydrogen-bond acceptors (Lipinski definition) is 2. The Morgan fingerprint density at radius 1 is 1.08 bits per heavy atom. The van der Waals surface area contributed by atoms with E-state index in [1.165, 1.54) is 5.56 Å². The Labute approximate surface area is 160 Å². The lowest BCUT2D eigenvalue weighted by Crippen LogP contribution is -2.24. The maximum Gasteiger partial charge on any atom is 0.339 e. The molecule has 2 aromatic carbocycles. The van der Waals surface area contributed by atoms with E-state index < -0.39 is 0 Å². The van der Waals surface area contributed by atoms with Crippen molar-refractivity contribution in [3.8, 4) is 5.69 Å². The van der Waals surface area contributed by atoms with Crippen molar-refractivity contribution in [1.82, 2.24) is 9.99 Å². The van der Waals surface area contributed by atoms with Gasteiger partial charge in [0.1, 0.15) is 0 Å². The Kier molecular flexibility index (Phi) is 5.53. The van der Waals surface area contributed by atoms with Gasteiger partial charge in [-0.1, -0.05) is 22.0 Å². The predicted molar refractivity (Wildman–Crippen MR) is 109 cm³/mol. The highest BCUT2D eigenvalue weighted by atomic mass is 79.9. The maximum absolute atomic E-state index is 12.0. The SMILES string of the molecule is Cc1ccc(NC(=O)N/N=C/c2cccn2-c2ccc(Br)cc2)cc1C. The van der Waals surface area contributed by atoms with Crippen LogP contribution in [0, 0.1) is 13.8 Å². The van der Waals surface area contributed by atoms with E-state index in [0.29, 0.717) is 0 Å². The molecule has 132 valence electrons. The average molecular weight is 411 g/mol. The highest BCUT2D eigenvalue weighted by Gasteiger charge is 2.03. The van der Waals surface area contributed by atoms with Crippen molar-refractivity contribution in [2.24, 2.45) is 5.10 Å². The van der Waals surface area contributed by atoms with Gasteiger partial charge in [-0.25, -0.2) is 10.2 Å². The number of carbonyl (C=O) groups is 1. The van der Waals surface area contributed by atoms with Crippen LogP contribution in [0.15, 0.2) is 70.4 Å². The molecule has 2 N–H and O–H groups in total. The molecule has 0 radical (unpaired) electrons. The third kappa shape index (κ3) is 4.40. The number of urea groups is 1.